The molecule has 0 aromatic heterocycles. The van der Waals surface area contributed by atoms with Crippen molar-refractivity contribution in [1.82, 2.24) is 5.32 Å². The number of anilines is 1. The van der Waals surface area contributed by atoms with Crippen LogP contribution in [0.4, 0.5) is 10.1 Å². The number of hydrogen-bond acceptors (Lipinski definition) is 3. The highest BCUT2D eigenvalue weighted by Gasteiger charge is 2.28. The molecule has 0 heterocycles. The van der Waals surface area contributed by atoms with Crippen LogP contribution in [0, 0.1) is 5.82 Å². The van der Waals surface area contributed by atoms with Gasteiger partial charge in [0.1, 0.15) is 11.9 Å². The van der Waals surface area contributed by atoms with Gasteiger partial charge in [0.15, 0.2) is 0 Å². The van der Waals surface area contributed by atoms with Crippen molar-refractivity contribution in [3.8, 4) is 0 Å². The van der Waals surface area contributed by atoms with Crippen molar-refractivity contribution < 1.29 is 17.6 Å². The molecule has 0 fully saturated rings. The van der Waals surface area contributed by atoms with E-state index in [1.807, 2.05) is 0 Å². The molecule has 5 nitrogen and oxygen atoms in total. The number of sulfonamides is 1. The summed E-state index contributed by atoms with van der Waals surface area (Å²) >= 11 is 0. The smallest absolute Gasteiger partial charge is 0.243 e. The summed E-state index contributed by atoms with van der Waals surface area (Å²) < 4.78 is 38.3. The van der Waals surface area contributed by atoms with Gasteiger partial charge in [-0.3, -0.25) is 9.10 Å². The molecular weight excluding hydrogens is 355 g/mol. The molecule has 0 radical (unpaired) electrons. The highest BCUT2D eigenvalue weighted by Crippen LogP contribution is 2.20. The van der Waals surface area contributed by atoms with Crippen LogP contribution in [0.1, 0.15) is 18.9 Å². The maximum atomic E-state index is 12.9. The number of para-hydroxylation sites is 1. The number of carbonyl (C=O) groups excluding carboxylic acids is 1. The fourth-order valence-electron chi connectivity index (χ4n) is 2.69. The SMILES string of the molecule is CC(C(=O)NCCCc1ccc(F)cc1)N(c1ccccc1)S(C)(=O)=O. The Morgan fingerprint density at radius 1 is 1.12 bits per heavy atom. The summed E-state index contributed by atoms with van der Waals surface area (Å²) in [5, 5.41) is 2.77. The monoisotopic (exact) mass is 378 g/mol. The van der Waals surface area contributed by atoms with E-state index < -0.39 is 16.1 Å². The maximum Gasteiger partial charge on any atom is 0.243 e. The standard InChI is InChI=1S/C19H23FN2O3S/c1-15(22(26(2,24)25)18-8-4-3-5-9-18)19(23)21-14-6-7-16-10-12-17(20)13-11-16/h3-5,8-13,15H,6-7,14H2,1-2H3,(H,21,23). The zero-order valence-electron chi connectivity index (χ0n) is 14.9. The van der Waals surface area contributed by atoms with Crippen molar-refractivity contribution in [1.29, 1.82) is 0 Å². The van der Waals surface area contributed by atoms with Gasteiger partial charge in [-0.15, -0.1) is 0 Å². The summed E-state index contributed by atoms with van der Waals surface area (Å²) in [6, 6.07) is 13.9. The quantitative estimate of drug-likeness (QED) is 0.719. The topological polar surface area (TPSA) is 66.5 Å². The summed E-state index contributed by atoms with van der Waals surface area (Å²) in [7, 11) is -3.60. The van der Waals surface area contributed by atoms with E-state index in [4.69, 9.17) is 0 Å². The summed E-state index contributed by atoms with van der Waals surface area (Å²) in [4.78, 5) is 12.4. The van der Waals surface area contributed by atoms with Crippen molar-refractivity contribution in [3.63, 3.8) is 0 Å². The van der Waals surface area contributed by atoms with E-state index >= 15 is 0 Å². The third-order valence-corrected chi connectivity index (χ3v) is 5.20. The van der Waals surface area contributed by atoms with Crippen molar-refractivity contribution in [3.05, 3.63) is 66.0 Å². The summed E-state index contributed by atoms with van der Waals surface area (Å²) in [5.41, 5.74) is 1.43. The number of amides is 1. The minimum absolute atomic E-state index is 0.280. The molecule has 140 valence electrons. The zero-order valence-corrected chi connectivity index (χ0v) is 15.7. The van der Waals surface area contributed by atoms with Gasteiger partial charge in [0.2, 0.25) is 15.9 Å². The molecule has 0 aliphatic heterocycles. The molecule has 26 heavy (non-hydrogen) atoms. The lowest BCUT2D eigenvalue weighted by atomic mass is 10.1. The Bertz CT molecular complexity index is 824. The van der Waals surface area contributed by atoms with Crippen LogP contribution in [0.5, 0.6) is 0 Å². The number of nitrogens with zero attached hydrogens (tertiary/aromatic N) is 1. The molecule has 2 aromatic carbocycles. The van der Waals surface area contributed by atoms with Gasteiger partial charge in [-0.1, -0.05) is 30.3 Å². The van der Waals surface area contributed by atoms with Crippen molar-refractivity contribution >= 4 is 21.6 Å². The Balaban J connectivity index is 1.93. The highest BCUT2D eigenvalue weighted by atomic mass is 32.2. The Kier molecular flexibility index (Phi) is 6.74. The lowest BCUT2D eigenvalue weighted by Crippen LogP contribution is -2.48. The number of nitrogens with one attached hydrogen (secondary N) is 1. The van der Waals surface area contributed by atoms with E-state index in [0.29, 0.717) is 25.1 Å². The first kappa shape index (κ1) is 19.9. The lowest BCUT2D eigenvalue weighted by molar-refractivity contribution is -0.121. The molecule has 0 saturated carbocycles. The van der Waals surface area contributed by atoms with Gasteiger partial charge in [-0.2, -0.15) is 0 Å². The van der Waals surface area contributed by atoms with Crippen LogP contribution in [0.15, 0.2) is 54.6 Å². The molecule has 1 N–H and O–H groups in total. The average Bonchev–Trinajstić information content (AvgIpc) is 2.60. The predicted molar refractivity (Wildman–Crippen MR) is 101 cm³/mol. The van der Waals surface area contributed by atoms with Crippen LogP contribution in [-0.2, 0) is 21.2 Å². The minimum Gasteiger partial charge on any atom is -0.354 e. The van der Waals surface area contributed by atoms with Gasteiger partial charge in [-0.05, 0) is 49.6 Å². The van der Waals surface area contributed by atoms with Gasteiger partial charge in [0.25, 0.3) is 0 Å². The number of benzene rings is 2. The second-order valence-electron chi connectivity index (χ2n) is 6.09. The van der Waals surface area contributed by atoms with E-state index in [9.17, 15) is 17.6 Å². The number of hydrogen-bond donors (Lipinski definition) is 1. The van der Waals surface area contributed by atoms with Gasteiger partial charge < -0.3 is 5.32 Å². The van der Waals surface area contributed by atoms with Crippen LogP contribution in [0.25, 0.3) is 0 Å². The van der Waals surface area contributed by atoms with E-state index in [0.717, 1.165) is 16.1 Å². The fourth-order valence-corrected chi connectivity index (χ4v) is 3.86. The number of aryl methyl sites for hydroxylation is 1. The van der Waals surface area contributed by atoms with Crippen LogP contribution in [0.3, 0.4) is 0 Å². The van der Waals surface area contributed by atoms with Crippen LogP contribution in [0.2, 0.25) is 0 Å². The van der Waals surface area contributed by atoms with Gasteiger partial charge >= 0.3 is 0 Å². The Morgan fingerprint density at radius 2 is 1.73 bits per heavy atom. The number of halogens is 1. The zero-order chi connectivity index (χ0) is 19.2. The van der Waals surface area contributed by atoms with Crippen LogP contribution >= 0.6 is 0 Å². The highest BCUT2D eigenvalue weighted by molar-refractivity contribution is 7.92. The minimum atomic E-state index is -3.60. The normalized spacial score (nSPS) is 12.4. The summed E-state index contributed by atoms with van der Waals surface area (Å²) in [5.74, 6) is -0.643. The van der Waals surface area contributed by atoms with Gasteiger partial charge in [0.05, 0.1) is 11.9 Å². The number of carbonyl (C=O) groups is 1. The molecule has 7 heteroatoms. The van der Waals surface area contributed by atoms with Gasteiger partial charge in [0, 0.05) is 6.54 Å². The lowest BCUT2D eigenvalue weighted by Gasteiger charge is -2.28. The molecule has 1 atom stereocenters. The first-order chi connectivity index (χ1) is 12.3. The largest absolute Gasteiger partial charge is 0.354 e. The third-order valence-electron chi connectivity index (χ3n) is 3.95. The van der Waals surface area contributed by atoms with Crippen molar-refractivity contribution in [2.45, 2.75) is 25.8 Å². The Labute approximate surface area is 153 Å². The number of rotatable bonds is 8. The summed E-state index contributed by atoms with van der Waals surface area (Å²) in [6.45, 7) is 1.97. The van der Waals surface area contributed by atoms with Crippen molar-refractivity contribution in [2.24, 2.45) is 0 Å². The maximum absolute atomic E-state index is 12.9. The van der Waals surface area contributed by atoms with Crippen LogP contribution in [-0.4, -0.2) is 33.2 Å². The third kappa shape index (κ3) is 5.56. The second kappa shape index (κ2) is 8.80. The van der Waals surface area contributed by atoms with E-state index in [-0.39, 0.29) is 11.7 Å². The summed E-state index contributed by atoms with van der Waals surface area (Å²) in [6.07, 6.45) is 2.45. The van der Waals surface area contributed by atoms with Crippen molar-refractivity contribution in [2.75, 3.05) is 17.1 Å². The van der Waals surface area contributed by atoms with Crippen LogP contribution < -0.4 is 9.62 Å². The molecule has 1 amide bonds. The first-order valence-electron chi connectivity index (χ1n) is 8.35. The molecule has 0 aliphatic carbocycles. The molecule has 1 unspecified atom stereocenters. The molecule has 0 spiro atoms. The van der Waals surface area contributed by atoms with E-state index in [1.165, 1.54) is 12.1 Å². The van der Waals surface area contributed by atoms with E-state index in [1.54, 1.807) is 49.4 Å². The second-order valence-corrected chi connectivity index (χ2v) is 7.95. The van der Waals surface area contributed by atoms with Gasteiger partial charge in [-0.25, -0.2) is 12.8 Å². The molecule has 2 aromatic rings. The molecule has 0 saturated heterocycles. The van der Waals surface area contributed by atoms with E-state index in [2.05, 4.69) is 5.32 Å². The molecule has 0 aliphatic rings. The average molecular weight is 378 g/mol. The molecular formula is C19H23FN2O3S. The molecule has 2 rings (SSSR count). The molecule has 0 bridgehead atoms. The Hall–Kier alpha value is -2.41. The first-order valence-corrected chi connectivity index (χ1v) is 10.2. The Morgan fingerprint density at radius 3 is 2.31 bits per heavy atom. The fraction of sp³-hybridized carbons (Fsp3) is 0.316. The predicted octanol–water partition coefficient (Wildman–Crippen LogP) is 2.73.